The molecule has 0 aromatic heterocycles. The standard InChI is InChI=1S/C27H26F2N4O3/c1-18-6-5-9-20(12-18)13-25(32-33-26(34)23-11-10-21(28)14-24(23)29)27(35)31-22(15-30)17-36-16-19-7-3-2-4-8-19/h2-12,14,22,25,32H,13,16-17H2,1H3,(H,31,35)(H,33,34)/t22-,25+/m1/s1. The lowest BCUT2D eigenvalue weighted by Crippen LogP contribution is -2.55. The molecule has 0 bridgehead atoms. The molecule has 7 nitrogen and oxygen atoms in total. The molecule has 2 amide bonds. The Morgan fingerprint density at radius 2 is 1.75 bits per heavy atom. The Kier molecular flexibility index (Phi) is 9.63. The second kappa shape index (κ2) is 13.1. The summed E-state index contributed by atoms with van der Waals surface area (Å²) in [4.78, 5) is 25.5. The summed E-state index contributed by atoms with van der Waals surface area (Å²) >= 11 is 0. The molecule has 36 heavy (non-hydrogen) atoms. The summed E-state index contributed by atoms with van der Waals surface area (Å²) < 4.78 is 32.7. The van der Waals surface area contributed by atoms with Crippen LogP contribution in [0.4, 0.5) is 8.78 Å². The summed E-state index contributed by atoms with van der Waals surface area (Å²) in [7, 11) is 0. The van der Waals surface area contributed by atoms with Gasteiger partial charge in [0.05, 0.1) is 24.8 Å². The number of hydrogen-bond donors (Lipinski definition) is 3. The molecule has 0 saturated heterocycles. The van der Waals surface area contributed by atoms with E-state index in [1.54, 1.807) is 0 Å². The summed E-state index contributed by atoms with van der Waals surface area (Å²) in [6, 6.07) is 19.5. The summed E-state index contributed by atoms with van der Waals surface area (Å²) in [6.45, 7) is 2.14. The molecule has 0 aliphatic heterocycles. The maximum atomic E-state index is 14.0. The minimum Gasteiger partial charge on any atom is -0.374 e. The maximum Gasteiger partial charge on any atom is 0.268 e. The maximum absolute atomic E-state index is 14.0. The van der Waals surface area contributed by atoms with Crippen LogP contribution in [0.25, 0.3) is 0 Å². The summed E-state index contributed by atoms with van der Waals surface area (Å²) in [6.07, 6.45) is 0.169. The van der Waals surface area contributed by atoms with Gasteiger partial charge in [-0.15, -0.1) is 0 Å². The molecule has 0 radical (unpaired) electrons. The van der Waals surface area contributed by atoms with Crippen LogP contribution in [0, 0.1) is 29.9 Å². The van der Waals surface area contributed by atoms with Crippen molar-refractivity contribution in [2.75, 3.05) is 6.61 Å². The fourth-order valence-corrected chi connectivity index (χ4v) is 3.43. The number of nitrogens with one attached hydrogen (secondary N) is 3. The molecule has 0 aliphatic carbocycles. The van der Waals surface area contributed by atoms with Gasteiger partial charge in [0.2, 0.25) is 5.91 Å². The van der Waals surface area contributed by atoms with E-state index >= 15 is 0 Å². The molecule has 0 aliphatic rings. The van der Waals surface area contributed by atoms with Gasteiger partial charge in [-0.1, -0.05) is 60.2 Å². The van der Waals surface area contributed by atoms with Crippen LogP contribution in [0.5, 0.6) is 0 Å². The average molecular weight is 493 g/mol. The first kappa shape index (κ1) is 26.5. The van der Waals surface area contributed by atoms with Gasteiger partial charge in [0.1, 0.15) is 23.7 Å². The number of benzene rings is 3. The topological polar surface area (TPSA) is 103 Å². The third-order valence-corrected chi connectivity index (χ3v) is 5.24. The van der Waals surface area contributed by atoms with Gasteiger partial charge in [-0.2, -0.15) is 5.26 Å². The number of nitrogens with zero attached hydrogens (tertiary/aromatic N) is 1. The highest BCUT2D eigenvalue weighted by Gasteiger charge is 2.23. The van der Waals surface area contributed by atoms with E-state index in [0.717, 1.165) is 28.8 Å². The van der Waals surface area contributed by atoms with E-state index in [0.29, 0.717) is 6.07 Å². The predicted molar refractivity (Wildman–Crippen MR) is 129 cm³/mol. The first-order valence-corrected chi connectivity index (χ1v) is 11.2. The van der Waals surface area contributed by atoms with Gasteiger partial charge in [-0.05, 0) is 36.6 Å². The van der Waals surface area contributed by atoms with Crippen molar-refractivity contribution in [2.24, 2.45) is 0 Å². The number of hydrazine groups is 1. The first-order chi connectivity index (χ1) is 17.4. The fraction of sp³-hybridized carbons (Fsp3) is 0.222. The van der Waals surface area contributed by atoms with Gasteiger partial charge in [0.15, 0.2) is 0 Å². The molecule has 0 spiro atoms. The third-order valence-electron chi connectivity index (χ3n) is 5.24. The van der Waals surface area contributed by atoms with Crippen LogP contribution >= 0.6 is 0 Å². The highest BCUT2D eigenvalue weighted by Crippen LogP contribution is 2.10. The van der Waals surface area contributed by atoms with Gasteiger partial charge in [-0.3, -0.25) is 15.0 Å². The van der Waals surface area contributed by atoms with Crippen LogP contribution in [0.1, 0.15) is 27.0 Å². The molecule has 3 N–H and O–H groups in total. The number of hydrogen-bond acceptors (Lipinski definition) is 5. The van der Waals surface area contributed by atoms with Crippen molar-refractivity contribution in [1.82, 2.24) is 16.2 Å². The van der Waals surface area contributed by atoms with Crippen LogP contribution in [0.3, 0.4) is 0 Å². The SMILES string of the molecule is Cc1cccc(C[C@H](NNC(=O)c2ccc(F)cc2F)C(=O)N[C@H](C#N)COCc2ccccc2)c1. The lowest BCUT2D eigenvalue weighted by Gasteiger charge is -2.21. The number of carbonyl (C=O) groups is 2. The van der Waals surface area contributed by atoms with E-state index in [2.05, 4.69) is 16.2 Å². The second-order valence-electron chi connectivity index (χ2n) is 8.16. The number of ether oxygens (including phenoxy) is 1. The molecule has 9 heteroatoms. The normalized spacial score (nSPS) is 12.3. The quantitative estimate of drug-likeness (QED) is 0.356. The van der Waals surface area contributed by atoms with Crippen molar-refractivity contribution in [1.29, 1.82) is 5.26 Å². The van der Waals surface area contributed by atoms with Crippen LogP contribution in [-0.4, -0.2) is 30.5 Å². The van der Waals surface area contributed by atoms with Gasteiger partial charge in [0, 0.05) is 6.07 Å². The Morgan fingerprint density at radius 1 is 1.00 bits per heavy atom. The molecular formula is C27H26F2N4O3. The molecule has 3 rings (SSSR count). The number of aryl methyl sites for hydroxylation is 1. The predicted octanol–water partition coefficient (Wildman–Crippen LogP) is 3.34. The Morgan fingerprint density at radius 3 is 2.44 bits per heavy atom. The Labute approximate surface area is 208 Å². The minimum atomic E-state index is -1.03. The number of rotatable bonds is 11. The van der Waals surface area contributed by atoms with E-state index in [-0.39, 0.29) is 25.2 Å². The van der Waals surface area contributed by atoms with E-state index in [4.69, 9.17) is 4.74 Å². The Balaban J connectivity index is 1.65. The van der Waals surface area contributed by atoms with Crippen molar-refractivity contribution in [3.8, 4) is 6.07 Å². The summed E-state index contributed by atoms with van der Waals surface area (Å²) in [5, 5.41) is 12.1. The number of nitriles is 1. The molecule has 0 unspecified atom stereocenters. The van der Waals surface area contributed by atoms with Crippen molar-refractivity contribution >= 4 is 11.8 Å². The average Bonchev–Trinajstić information content (AvgIpc) is 2.86. The highest BCUT2D eigenvalue weighted by molar-refractivity contribution is 5.94. The molecule has 3 aromatic rings. The molecule has 0 fully saturated rings. The van der Waals surface area contributed by atoms with Crippen molar-refractivity contribution in [2.45, 2.75) is 32.0 Å². The van der Waals surface area contributed by atoms with Crippen LogP contribution < -0.4 is 16.2 Å². The number of halogens is 2. The lowest BCUT2D eigenvalue weighted by atomic mass is 10.0. The van der Waals surface area contributed by atoms with Crippen molar-refractivity contribution in [3.63, 3.8) is 0 Å². The molecule has 0 saturated carbocycles. The van der Waals surface area contributed by atoms with Crippen molar-refractivity contribution in [3.05, 3.63) is 107 Å². The Hall–Kier alpha value is -4.13. The lowest BCUT2D eigenvalue weighted by molar-refractivity contribution is -0.124. The van der Waals surface area contributed by atoms with Gasteiger partial charge in [-0.25, -0.2) is 14.2 Å². The zero-order valence-electron chi connectivity index (χ0n) is 19.6. The zero-order chi connectivity index (χ0) is 25.9. The Bertz CT molecular complexity index is 1230. The van der Waals surface area contributed by atoms with E-state index in [1.165, 1.54) is 0 Å². The molecular weight excluding hydrogens is 466 g/mol. The smallest absolute Gasteiger partial charge is 0.268 e. The molecule has 186 valence electrons. The van der Waals surface area contributed by atoms with Gasteiger partial charge in [0.25, 0.3) is 5.91 Å². The van der Waals surface area contributed by atoms with Crippen molar-refractivity contribution < 1.29 is 23.1 Å². The van der Waals surface area contributed by atoms with Crippen LogP contribution in [-0.2, 0) is 22.6 Å². The minimum absolute atomic E-state index is 0.0402. The number of amides is 2. The van der Waals surface area contributed by atoms with Crippen LogP contribution in [0.15, 0.2) is 72.8 Å². The summed E-state index contributed by atoms with van der Waals surface area (Å²) in [5.74, 6) is -3.29. The summed E-state index contributed by atoms with van der Waals surface area (Å²) in [5.41, 5.74) is 7.25. The van der Waals surface area contributed by atoms with E-state index in [9.17, 15) is 23.6 Å². The first-order valence-electron chi connectivity index (χ1n) is 11.2. The molecule has 2 atom stereocenters. The fourth-order valence-electron chi connectivity index (χ4n) is 3.43. The second-order valence-corrected chi connectivity index (χ2v) is 8.16. The highest BCUT2D eigenvalue weighted by atomic mass is 19.1. The number of carbonyl (C=O) groups excluding carboxylic acids is 2. The van der Waals surface area contributed by atoms with Crippen LogP contribution in [0.2, 0.25) is 0 Å². The third kappa shape index (κ3) is 7.98. The molecule has 0 heterocycles. The monoisotopic (exact) mass is 492 g/mol. The zero-order valence-corrected chi connectivity index (χ0v) is 19.6. The van der Waals surface area contributed by atoms with E-state index in [1.807, 2.05) is 67.6 Å². The molecule has 3 aromatic carbocycles. The van der Waals surface area contributed by atoms with E-state index < -0.39 is 35.5 Å². The van der Waals surface area contributed by atoms with Gasteiger partial charge >= 0.3 is 0 Å². The largest absolute Gasteiger partial charge is 0.374 e. The van der Waals surface area contributed by atoms with Gasteiger partial charge < -0.3 is 10.1 Å².